The van der Waals surface area contributed by atoms with Gasteiger partial charge in [-0.3, -0.25) is 0 Å². The van der Waals surface area contributed by atoms with Crippen molar-refractivity contribution in [1.29, 1.82) is 0 Å². The molecule has 2 unspecified atom stereocenters. The van der Waals surface area contributed by atoms with E-state index in [0.717, 1.165) is 25.0 Å². The predicted octanol–water partition coefficient (Wildman–Crippen LogP) is 2.33. The number of anilines is 2. The number of rotatable bonds is 6. The van der Waals surface area contributed by atoms with Gasteiger partial charge in [0.1, 0.15) is 11.6 Å². The van der Waals surface area contributed by atoms with Gasteiger partial charge in [0.2, 0.25) is 0 Å². The minimum absolute atomic E-state index is 0.112. The molecule has 3 heterocycles. The van der Waals surface area contributed by atoms with E-state index in [-0.39, 0.29) is 23.7 Å². The fourth-order valence-electron chi connectivity index (χ4n) is 3.47. The number of hydrogen-bond acceptors (Lipinski definition) is 7. The van der Waals surface area contributed by atoms with E-state index in [1.165, 1.54) is 0 Å². The van der Waals surface area contributed by atoms with E-state index in [9.17, 15) is 8.42 Å². The number of sulfone groups is 1. The summed E-state index contributed by atoms with van der Waals surface area (Å²) in [5.41, 5.74) is 0.917. The topological polar surface area (TPSA) is 93.2 Å². The number of ether oxygens (including phenoxy) is 1. The van der Waals surface area contributed by atoms with Crippen LogP contribution in [0.5, 0.6) is 0 Å². The molecule has 2 aliphatic heterocycles. The van der Waals surface area contributed by atoms with Gasteiger partial charge >= 0.3 is 0 Å². The Kier molecular flexibility index (Phi) is 5.27. The molecule has 2 fully saturated rings. The third-order valence-electron chi connectivity index (χ3n) is 4.88. The molecule has 0 bridgehead atoms. The van der Waals surface area contributed by atoms with Crippen LogP contribution in [0.1, 0.15) is 19.3 Å². The highest BCUT2D eigenvalue weighted by molar-refractivity contribution is 7.91. The minimum atomic E-state index is -2.95. The Bertz CT molecular complexity index is 883. The second kappa shape index (κ2) is 7.82. The van der Waals surface area contributed by atoms with Crippen LogP contribution in [0, 0.1) is 0 Å². The van der Waals surface area contributed by atoms with Crippen molar-refractivity contribution < 1.29 is 13.2 Å². The van der Waals surface area contributed by atoms with Crippen molar-refractivity contribution in [2.75, 3.05) is 35.3 Å². The van der Waals surface area contributed by atoms with Crippen molar-refractivity contribution in [3.63, 3.8) is 0 Å². The van der Waals surface area contributed by atoms with Gasteiger partial charge in [0.05, 0.1) is 17.6 Å². The SMILES string of the molecule is O=S1(=O)CCC(Nc2cc(NCC3CCCO3)nc(-c3ccccc3)n2)C1. The average Bonchev–Trinajstić information content (AvgIpc) is 3.30. The lowest BCUT2D eigenvalue weighted by Crippen LogP contribution is -2.22. The molecule has 27 heavy (non-hydrogen) atoms. The molecule has 4 rings (SSSR count). The maximum absolute atomic E-state index is 11.7. The third-order valence-corrected chi connectivity index (χ3v) is 6.65. The van der Waals surface area contributed by atoms with E-state index >= 15 is 0 Å². The molecule has 2 atom stereocenters. The van der Waals surface area contributed by atoms with Gasteiger partial charge in [-0.1, -0.05) is 30.3 Å². The molecule has 2 aromatic rings. The molecule has 2 aliphatic rings. The molecular formula is C19H24N4O3S. The van der Waals surface area contributed by atoms with Crippen LogP contribution in [-0.2, 0) is 14.6 Å². The zero-order chi connectivity index (χ0) is 18.7. The lowest BCUT2D eigenvalue weighted by molar-refractivity contribution is 0.120. The molecule has 0 amide bonds. The third kappa shape index (κ3) is 4.75. The van der Waals surface area contributed by atoms with Crippen LogP contribution in [-0.4, -0.2) is 55.2 Å². The monoisotopic (exact) mass is 388 g/mol. The van der Waals surface area contributed by atoms with Gasteiger partial charge in [0, 0.05) is 30.8 Å². The van der Waals surface area contributed by atoms with Crippen molar-refractivity contribution in [1.82, 2.24) is 9.97 Å². The molecule has 2 N–H and O–H groups in total. The first kappa shape index (κ1) is 18.2. The predicted molar refractivity (Wildman–Crippen MR) is 106 cm³/mol. The Hall–Kier alpha value is -2.19. The van der Waals surface area contributed by atoms with Crippen LogP contribution >= 0.6 is 0 Å². The number of nitrogens with zero attached hydrogens (tertiary/aromatic N) is 2. The zero-order valence-corrected chi connectivity index (χ0v) is 15.9. The Morgan fingerprint density at radius 1 is 1.11 bits per heavy atom. The summed E-state index contributed by atoms with van der Waals surface area (Å²) in [4.78, 5) is 9.24. The molecule has 144 valence electrons. The molecule has 1 aromatic carbocycles. The summed E-state index contributed by atoms with van der Waals surface area (Å²) in [6, 6.07) is 11.5. The Labute approximate surface area is 159 Å². The number of nitrogens with one attached hydrogen (secondary N) is 2. The van der Waals surface area contributed by atoms with Crippen LogP contribution in [0.15, 0.2) is 36.4 Å². The van der Waals surface area contributed by atoms with E-state index in [0.29, 0.717) is 30.4 Å². The first-order chi connectivity index (χ1) is 13.1. The van der Waals surface area contributed by atoms with Crippen molar-refractivity contribution in [2.45, 2.75) is 31.4 Å². The fourth-order valence-corrected chi connectivity index (χ4v) is 5.14. The summed E-state index contributed by atoms with van der Waals surface area (Å²) in [6.07, 6.45) is 2.95. The minimum Gasteiger partial charge on any atom is -0.376 e. The quantitative estimate of drug-likeness (QED) is 0.784. The lowest BCUT2D eigenvalue weighted by Gasteiger charge is -2.16. The molecule has 8 heteroatoms. The van der Waals surface area contributed by atoms with Gasteiger partial charge in [-0.25, -0.2) is 18.4 Å². The average molecular weight is 388 g/mol. The van der Waals surface area contributed by atoms with Crippen molar-refractivity contribution in [3.05, 3.63) is 36.4 Å². The molecule has 0 saturated carbocycles. The van der Waals surface area contributed by atoms with Gasteiger partial charge in [-0.05, 0) is 19.3 Å². The second-order valence-corrected chi connectivity index (χ2v) is 9.32. The highest BCUT2D eigenvalue weighted by atomic mass is 32.2. The first-order valence-electron chi connectivity index (χ1n) is 9.34. The maximum atomic E-state index is 11.7. The summed E-state index contributed by atoms with van der Waals surface area (Å²) in [6.45, 7) is 1.51. The summed E-state index contributed by atoms with van der Waals surface area (Å²) in [5.74, 6) is 2.33. The highest BCUT2D eigenvalue weighted by Crippen LogP contribution is 2.23. The highest BCUT2D eigenvalue weighted by Gasteiger charge is 2.28. The van der Waals surface area contributed by atoms with Gasteiger partial charge in [-0.2, -0.15) is 0 Å². The molecular weight excluding hydrogens is 364 g/mol. The van der Waals surface area contributed by atoms with Crippen LogP contribution in [0.4, 0.5) is 11.6 Å². The molecule has 1 aromatic heterocycles. The number of hydrogen-bond donors (Lipinski definition) is 2. The largest absolute Gasteiger partial charge is 0.376 e. The summed E-state index contributed by atoms with van der Waals surface area (Å²) >= 11 is 0. The molecule has 0 radical (unpaired) electrons. The molecule has 0 aliphatic carbocycles. The normalized spacial score (nSPS) is 24.0. The Morgan fingerprint density at radius 2 is 1.93 bits per heavy atom. The summed E-state index contributed by atoms with van der Waals surface area (Å²) in [5, 5.41) is 6.62. The van der Waals surface area contributed by atoms with E-state index in [2.05, 4.69) is 20.6 Å². The standard InChI is InChI=1S/C19H24N4O3S/c24-27(25)10-8-15(13-27)21-18-11-17(20-12-16-7-4-9-26-16)22-19(23-18)14-5-2-1-3-6-14/h1-3,5-6,11,15-16H,4,7-10,12-13H2,(H2,20,21,22,23). The zero-order valence-electron chi connectivity index (χ0n) is 15.1. The summed E-state index contributed by atoms with van der Waals surface area (Å²) < 4.78 is 29.1. The second-order valence-electron chi connectivity index (χ2n) is 7.09. The fraction of sp³-hybridized carbons (Fsp3) is 0.474. The molecule has 2 saturated heterocycles. The maximum Gasteiger partial charge on any atom is 0.163 e. The van der Waals surface area contributed by atoms with E-state index in [1.54, 1.807) is 0 Å². The van der Waals surface area contributed by atoms with Crippen LogP contribution < -0.4 is 10.6 Å². The number of aromatic nitrogens is 2. The smallest absolute Gasteiger partial charge is 0.163 e. The van der Waals surface area contributed by atoms with Crippen LogP contribution in [0.2, 0.25) is 0 Å². The molecule has 7 nitrogen and oxygen atoms in total. The Balaban J connectivity index is 1.56. The van der Waals surface area contributed by atoms with Crippen LogP contribution in [0.25, 0.3) is 11.4 Å². The lowest BCUT2D eigenvalue weighted by atomic mass is 10.2. The van der Waals surface area contributed by atoms with E-state index in [4.69, 9.17) is 4.74 Å². The van der Waals surface area contributed by atoms with Crippen molar-refractivity contribution in [2.24, 2.45) is 0 Å². The van der Waals surface area contributed by atoms with Gasteiger partial charge in [0.15, 0.2) is 15.7 Å². The van der Waals surface area contributed by atoms with E-state index in [1.807, 2.05) is 36.4 Å². The summed E-state index contributed by atoms with van der Waals surface area (Å²) in [7, 11) is -2.95. The van der Waals surface area contributed by atoms with E-state index < -0.39 is 9.84 Å². The number of benzene rings is 1. The Morgan fingerprint density at radius 3 is 2.63 bits per heavy atom. The first-order valence-corrected chi connectivity index (χ1v) is 11.2. The van der Waals surface area contributed by atoms with Gasteiger partial charge in [0.25, 0.3) is 0 Å². The van der Waals surface area contributed by atoms with Gasteiger partial charge in [-0.15, -0.1) is 0 Å². The van der Waals surface area contributed by atoms with Crippen molar-refractivity contribution >= 4 is 21.5 Å². The van der Waals surface area contributed by atoms with Crippen LogP contribution in [0.3, 0.4) is 0 Å². The van der Waals surface area contributed by atoms with Crippen molar-refractivity contribution in [3.8, 4) is 11.4 Å². The van der Waals surface area contributed by atoms with Gasteiger partial charge < -0.3 is 15.4 Å². The molecule has 0 spiro atoms.